The van der Waals surface area contributed by atoms with Crippen LogP contribution >= 0.6 is 15.9 Å². The Kier molecular flexibility index (Phi) is 6.60. The van der Waals surface area contributed by atoms with Gasteiger partial charge in [0.2, 0.25) is 5.76 Å². The van der Waals surface area contributed by atoms with Gasteiger partial charge in [0.25, 0.3) is 5.91 Å². The van der Waals surface area contributed by atoms with Crippen LogP contribution in [0.3, 0.4) is 0 Å². The van der Waals surface area contributed by atoms with Gasteiger partial charge < -0.3 is 19.2 Å². The lowest BCUT2D eigenvalue weighted by Gasteiger charge is -2.09. The number of nitrogens with zero attached hydrogens (tertiary/aromatic N) is 1. The molecule has 0 radical (unpaired) electrons. The molecule has 33 heavy (non-hydrogen) atoms. The molecule has 2 aromatic carbocycles. The number of halogens is 1. The van der Waals surface area contributed by atoms with Crippen molar-refractivity contribution in [3.63, 3.8) is 0 Å². The average molecular weight is 511 g/mol. The van der Waals surface area contributed by atoms with Gasteiger partial charge >= 0.3 is 12.0 Å². The number of imide groups is 1. The molecular weight excluding hydrogens is 492 g/mol. The van der Waals surface area contributed by atoms with E-state index in [-0.39, 0.29) is 23.8 Å². The number of methoxy groups -OCH3 is 1. The van der Waals surface area contributed by atoms with E-state index in [0.717, 1.165) is 10.5 Å². The molecule has 8 nitrogen and oxygen atoms in total. The molecule has 168 valence electrons. The Balaban J connectivity index is 1.44. The van der Waals surface area contributed by atoms with Gasteiger partial charge in [0.15, 0.2) is 0 Å². The molecule has 1 saturated heterocycles. The first-order valence-electron chi connectivity index (χ1n) is 9.92. The fraction of sp³-hybridized carbons (Fsp3) is 0.125. The van der Waals surface area contributed by atoms with E-state index in [1.54, 1.807) is 24.3 Å². The first-order chi connectivity index (χ1) is 15.9. The lowest BCUT2D eigenvalue weighted by atomic mass is 10.2. The van der Waals surface area contributed by atoms with Gasteiger partial charge in [-0.05, 0) is 57.4 Å². The zero-order chi connectivity index (χ0) is 23.4. The molecule has 1 N–H and O–H groups in total. The van der Waals surface area contributed by atoms with E-state index in [9.17, 15) is 14.4 Å². The number of ether oxygens (including phenoxy) is 2. The molecule has 0 aliphatic carbocycles. The predicted molar refractivity (Wildman–Crippen MR) is 122 cm³/mol. The number of benzene rings is 2. The zero-order valence-electron chi connectivity index (χ0n) is 17.5. The zero-order valence-corrected chi connectivity index (χ0v) is 19.1. The second-order valence-electron chi connectivity index (χ2n) is 7.10. The van der Waals surface area contributed by atoms with E-state index >= 15 is 0 Å². The molecule has 1 aliphatic rings. The summed E-state index contributed by atoms with van der Waals surface area (Å²) >= 11 is 3.49. The third-order valence-corrected chi connectivity index (χ3v) is 5.45. The van der Waals surface area contributed by atoms with E-state index in [1.807, 2.05) is 30.3 Å². The van der Waals surface area contributed by atoms with Crippen LogP contribution in [0.25, 0.3) is 6.08 Å². The summed E-state index contributed by atoms with van der Waals surface area (Å²) in [7, 11) is 1.24. The quantitative estimate of drug-likeness (QED) is 0.285. The van der Waals surface area contributed by atoms with Crippen molar-refractivity contribution < 1.29 is 28.3 Å². The second-order valence-corrected chi connectivity index (χ2v) is 7.96. The third kappa shape index (κ3) is 5.15. The van der Waals surface area contributed by atoms with E-state index in [1.165, 1.54) is 19.2 Å². The summed E-state index contributed by atoms with van der Waals surface area (Å²) in [6.07, 6.45) is 1.58. The Morgan fingerprint density at radius 1 is 1.12 bits per heavy atom. The molecular formula is C24H19BrN2O6. The van der Waals surface area contributed by atoms with Crippen LogP contribution in [-0.2, 0) is 22.7 Å². The Bertz CT molecular complexity index is 1230. The summed E-state index contributed by atoms with van der Waals surface area (Å²) < 4.78 is 16.5. The SMILES string of the molecule is COC(=O)c1ccc(CN2C(=O)N/C(=C\c3ccc(OCc4ccccc4)c(Br)c3)C2=O)o1. The second kappa shape index (κ2) is 9.74. The normalized spacial score (nSPS) is 14.5. The molecule has 0 saturated carbocycles. The number of amides is 3. The molecule has 0 spiro atoms. The molecule has 1 aliphatic heterocycles. The van der Waals surface area contributed by atoms with Crippen molar-refractivity contribution in [1.29, 1.82) is 0 Å². The molecule has 0 unspecified atom stereocenters. The molecule has 0 atom stereocenters. The number of rotatable bonds is 7. The summed E-state index contributed by atoms with van der Waals surface area (Å²) in [5, 5.41) is 2.56. The Morgan fingerprint density at radius 2 is 1.91 bits per heavy atom. The Hall–Kier alpha value is -3.85. The lowest BCUT2D eigenvalue weighted by molar-refractivity contribution is -0.123. The van der Waals surface area contributed by atoms with Gasteiger partial charge in [-0.3, -0.25) is 9.69 Å². The van der Waals surface area contributed by atoms with Crippen molar-refractivity contribution >= 4 is 39.9 Å². The van der Waals surface area contributed by atoms with Crippen molar-refractivity contribution in [3.05, 3.63) is 93.5 Å². The first-order valence-corrected chi connectivity index (χ1v) is 10.7. The van der Waals surface area contributed by atoms with Gasteiger partial charge in [0.1, 0.15) is 23.8 Å². The molecule has 1 fully saturated rings. The van der Waals surface area contributed by atoms with Crippen LogP contribution in [0, 0.1) is 0 Å². The number of hydrogen-bond acceptors (Lipinski definition) is 6. The number of carbonyl (C=O) groups is 3. The third-order valence-electron chi connectivity index (χ3n) is 4.83. The number of esters is 1. The number of urea groups is 1. The average Bonchev–Trinajstić information content (AvgIpc) is 3.39. The number of hydrogen-bond donors (Lipinski definition) is 1. The summed E-state index contributed by atoms with van der Waals surface area (Å²) in [5.74, 6) is -0.210. The Morgan fingerprint density at radius 3 is 2.64 bits per heavy atom. The van der Waals surface area contributed by atoms with Crippen LogP contribution in [0.15, 0.2) is 75.3 Å². The van der Waals surface area contributed by atoms with E-state index in [4.69, 9.17) is 9.15 Å². The summed E-state index contributed by atoms with van der Waals surface area (Å²) in [5.41, 5.74) is 1.88. The standard InChI is InChI=1S/C24H19BrN2O6/c1-31-23(29)21-10-8-17(33-21)13-27-22(28)19(26-24(27)30)12-16-7-9-20(18(25)11-16)32-14-15-5-3-2-4-6-15/h2-12H,13-14H2,1H3,(H,26,30)/b19-12-. The minimum Gasteiger partial charge on any atom is -0.488 e. The van der Waals surface area contributed by atoms with Crippen molar-refractivity contribution in [1.82, 2.24) is 10.2 Å². The summed E-state index contributed by atoms with van der Waals surface area (Å²) in [6, 6.07) is 17.5. The van der Waals surface area contributed by atoms with Gasteiger partial charge in [0, 0.05) is 0 Å². The molecule has 3 amide bonds. The van der Waals surface area contributed by atoms with E-state index in [0.29, 0.717) is 22.4 Å². The number of nitrogens with one attached hydrogen (secondary N) is 1. The predicted octanol–water partition coefficient (Wildman–Crippen LogP) is 4.50. The van der Waals surface area contributed by atoms with Gasteiger partial charge in [0.05, 0.1) is 18.1 Å². The molecule has 1 aromatic heterocycles. The van der Waals surface area contributed by atoms with Gasteiger partial charge in [-0.15, -0.1) is 0 Å². The highest BCUT2D eigenvalue weighted by Crippen LogP contribution is 2.28. The molecule has 9 heteroatoms. The maximum Gasteiger partial charge on any atom is 0.373 e. The van der Waals surface area contributed by atoms with Crippen molar-refractivity contribution in [2.24, 2.45) is 0 Å². The smallest absolute Gasteiger partial charge is 0.373 e. The summed E-state index contributed by atoms with van der Waals surface area (Å²) in [6.45, 7) is 0.308. The minimum atomic E-state index is -0.638. The van der Waals surface area contributed by atoms with Crippen molar-refractivity contribution in [2.45, 2.75) is 13.2 Å². The fourth-order valence-corrected chi connectivity index (χ4v) is 3.68. The summed E-state index contributed by atoms with van der Waals surface area (Å²) in [4.78, 5) is 37.6. The topological polar surface area (TPSA) is 98.1 Å². The van der Waals surface area contributed by atoms with Crippen molar-refractivity contribution in [3.8, 4) is 5.75 Å². The van der Waals surface area contributed by atoms with Crippen LogP contribution < -0.4 is 10.1 Å². The fourth-order valence-electron chi connectivity index (χ4n) is 3.17. The van der Waals surface area contributed by atoms with Gasteiger partial charge in [-0.2, -0.15) is 0 Å². The maximum absolute atomic E-state index is 12.7. The largest absolute Gasteiger partial charge is 0.488 e. The van der Waals surface area contributed by atoms with Crippen LogP contribution in [0.5, 0.6) is 5.75 Å². The maximum atomic E-state index is 12.7. The van der Waals surface area contributed by atoms with E-state index in [2.05, 4.69) is 26.0 Å². The highest BCUT2D eigenvalue weighted by molar-refractivity contribution is 9.10. The lowest BCUT2D eigenvalue weighted by Crippen LogP contribution is -2.30. The minimum absolute atomic E-state index is 0.00487. The first kappa shape index (κ1) is 22.3. The monoisotopic (exact) mass is 510 g/mol. The molecule has 4 rings (SSSR count). The number of furan rings is 1. The molecule has 0 bridgehead atoms. The molecule has 2 heterocycles. The van der Waals surface area contributed by atoms with Crippen LogP contribution in [0.1, 0.15) is 27.4 Å². The highest BCUT2D eigenvalue weighted by atomic mass is 79.9. The van der Waals surface area contributed by atoms with Crippen LogP contribution in [0.2, 0.25) is 0 Å². The molecule has 3 aromatic rings. The van der Waals surface area contributed by atoms with Crippen LogP contribution in [0.4, 0.5) is 4.79 Å². The van der Waals surface area contributed by atoms with Crippen molar-refractivity contribution in [2.75, 3.05) is 7.11 Å². The highest BCUT2D eigenvalue weighted by Gasteiger charge is 2.34. The Labute approximate surface area is 197 Å². The van der Waals surface area contributed by atoms with Gasteiger partial charge in [-0.1, -0.05) is 36.4 Å². The van der Waals surface area contributed by atoms with E-state index < -0.39 is 17.9 Å². The van der Waals surface area contributed by atoms with Gasteiger partial charge in [-0.25, -0.2) is 9.59 Å². The number of carbonyl (C=O) groups excluding carboxylic acids is 3. The van der Waals surface area contributed by atoms with Crippen LogP contribution in [-0.4, -0.2) is 29.9 Å².